The van der Waals surface area contributed by atoms with Gasteiger partial charge in [-0.05, 0) is 0 Å². The topological polar surface area (TPSA) is 201 Å². The predicted octanol–water partition coefficient (Wildman–Crippen LogP) is -13.3. The van der Waals surface area contributed by atoms with E-state index in [1.165, 1.54) is 0 Å². The molecule has 0 aromatic rings. The number of carbonyl (C=O) groups is 4. The van der Waals surface area contributed by atoms with Crippen molar-refractivity contribution in [3.63, 3.8) is 0 Å². The molecule has 0 radical (unpaired) electrons. The van der Waals surface area contributed by atoms with Crippen molar-refractivity contribution >= 4 is 23.9 Å². The Morgan fingerprint density at radius 1 is 0.583 bits per heavy atom. The fraction of sp³-hybridized carbons (Fsp3) is 0.600. The molecule has 24 heavy (non-hydrogen) atoms. The van der Waals surface area contributed by atoms with E-state index in [-0.39, 0.29) is 124 Å². The van der Waals surface area contributed by atoms with Gasteiger partial charge >= 0.3 is 142 Å². The zero-order chi connectivity index (χ0) is 16.1. The third kappa shape index (κ3) is 13.0. The SMILES string of the molecule is NC(CC(=O)O)(CC(=O)O)C(N)(CC(=O)O)CC(=O)O.[H-].[H-].[H-].[H-].[Na+].[Na+].[Na+].[Na+]. The van der Waals surface area contributed by atoms with Crippen LogP contribution in [0.4, 0.5) is 0 Å². The Morgan fingerprint density at radius 2 is 0.708 bits per heavy atom. The minimum Gasteiger partial charge on any atom is -1.00 e. The first-order chi connectivity index (χ1) is 8.92. The minimum absolute atomic E-state index is 0. The molecule has 0 aromatic heterocycles. The Kier molecular flexibility index (Phi) is 24.2. The molecule has 0 atom stereocenters. The van der Waals surface area contributed by atoms with Gasteiger partial charge in [-0.2, -0.15) is 0 Å². The van der Waals surface area contributed by atoms with E-state index in [0.717, 1.165) is 0 Å². The van der Waals surface area contributed by atoms with E-state index >= 15 is 0 Å². The fourth-order valence-corrected chi connectivity index (χ4v) is 1.91. The number of rotatable bonds is 9. The van der Waals surface area contributed by atoms with Gasteiger partial charge in [0.15, 0.2) is 0 Å². The van der Waals surface area contributed by atoms with Gasteiger partial charge in [0, 0.05) is 0 Å². The largest absolute Gasteiger partial charge is 1.00 e. The Labute approximate surface area is 232 Å². The van der Waals surface area contributed by atoms with Crippen LogP contribution in [0.5, 0.6) is 0 Å². The molecule has 0 rings (SSSR count). The summed E-state index contributed by atoms with van der Waals surface area (Å²) in [5.41, 5.74) is 6.88. The average Bonchev–Trinajstić information content (AvgIpc) is 2.10. The maximum Gasteiger partial charge on any atom is 1.00 e. The first-order valence-electron chi connectivity index (χ1n) is 5.37. The van der Waals surface area contributed by atoms with Gasteiger partial charge in [-0.25, -0.2) is 0 Å². The zero-order valence-corrected chi connectivity index (χ0v) is 22.4. The van der Waals surface area contributed by atoms with Gasteiger partial charge in [0.2, 0.25) is 0 Å². The summed E-state index contributed by atoms with van der Waals surface area (Å²) in [5, 5.41) is 35.1. The molecule has 0 aliphatic carbocycles. The van der Waals surface area contributed by atoms with Crippen molar-refractivity contribution in [3.05, 3.63) is 0 Å². The summed E-state index contributed by atoms with van der Waals surface area (Å²) in [6.07, 6.45) is -3.90. The van der Waals surface area contributed by atoms with Crippen molar-refractivity contribution in [2.75, 3.05) is 0 Å². The first-order valence-corrected chi connectivity index (χ1v) is 5.37. The summed E-state index contributed by atoms with van der Waals surface area (Å²) in [5.74, 6) is -6.06. The van der Waals surface area contributed by atoms with Crippen molar-refractivity contribution < 1.29 is 164 Å². The summed E-state index contributed by atoms with van der Waals surface area (Å²) < 4.78 is 0. The monoisotopic (exact) mass is 388 g/mol. The van der Waals surface area contributed by atoms with E-state index < -0.39 is 60.6 Å². The fourth-order valence-electron chi connectivity index (χ4n) is 1.91. The molecule has 0 unspecified atom stereocenters. The summed E-state index contributed by atoms with van der Waals surface area (Å²) in [6, 6.07) is 0. The number of hydrogen-bond donors (Lipinski definition) is 6. The Balaban J connectivity index is -0.0000000645. The second-order valence-corrected chi connectivity index (χ2v) is 4.59. The van der Waals surface area contributed by atoms with Crippen LogP contribution in [0.25, 0.3) is 0 Å². The molecular formula is C10H20N2Na4O8. The molecular weight excluding hydrogens is 368 g/mol. The van der Waals surface area contributed by atoms with Gasteiger partial charge in [0.05, 0.1) is 36.8 Å². The quantitative estimate of drug-likeness (QED) is 0.206. The van der Waals surface area contributed by atoms with Gasteiger partial charge < -0.3 is 37.6 Å². The Hall–Kier alpha value is 1.80. The summed E-state index contributed by atoms with van der Waals surface area (Å²) in [4.78, 5) is 43.2. The first kappa shape index (κ1) is 36.7. The number of nitrogens with two attached hydrogens (primary N) is 2. The van der Waals surface area contributed by atoms with Crippen LogP contribution in [0.2, 0.25) is 0 Å². The summed E-state index contributed by atoms with van der Waals surface area (Å²) in [7, 11) is 0. The molecule has 8 N–H and O–H groups in total. The second kappa shape index (κ2) is 15.8. The average molecular weight is 388 g/mol. The molecule has 0 saturated carbocycles. The molecule has 0 saturated heterocycles. The van der Waals surface area contributed by atoms with E-state index in [4.69, 9.17) is 31.9 Å². The molecule has 0 aromatic carbocycles. The molecule has 0 amide bonds. The number of carboxylic acids is 4. The van der Waals surface area contributed by atoms with Crippen LogP contribution in [0.15, 0.2) is 0 Å². The number of carboxylic acid groups (broad SMARTS) is 4. The summed E-state index contributed by atoms with van der Waals surface area (Å²) in [6.45, 7) is 0. The number of hydrogen-bond acceptors (Lipinski definition) is 6. The van der Waals surface area contributed by atoms with Gasteiger partial charge in [-0.1, -0.05) is 0 Å². The van der Waals surface area contributed by atoms with Crippen molar-refractivity contribution in [1.29, 1.82) is 0 Å². The van der Waals surface area contributed by atoms with Crippen molar-refractivity contribution in [2.45, 2.75) is 36.8 Å². The van der Waals surface area contributed by atoms with Crippen LogP contribution in [-0.4, -0.2) is 55.4 Å². The van der Waals surface area contributed by atoms with Gasteiger partial charge in [-0.3, -0.25) is 19.2 Å². The molecule has 0 bridgehead atoms. The standard InChI is InChI=1S/C10H16N2O8.4Na.4H/c11-9(1-5(13)14,2-6(15)16)10(12,3-7(17)18)4-8(19)20;;;;;;;;/h1-4,11-12H2,(H,13,14)(H,15,16)(H,17,18)(H,19,20);;;;;;;;/q;4*+1;4*-1. The van der Waals surface area contributed by atoms with Crippen LogP contribution >= 0.6 is 0 Å². The van der Waals surface area contributed by atoms with Crippen LogP contribution in [0.3, 0.4) is 0 Å². The van der Waals surface area contributed by atoms with Crippen LogP contribution < -0.4 is 130 Å². The zero-order valence-electron chi connectivity index (χ0n) is 18.4. The molecule has 0 spiro atoms. The normalized spacial score (nSPS) is 9.92. The van der Waals surface area contributed by atoms with Crippen LogP contribution in [0.1, 0.15) is 31.4 Å². The van der Waals surface area contributed by atoms with Gasteiger partial charge in [0.1, 0.15) is 0 Å². The molecule has 122 valence electrons. The predicted molar refractivity (Wildman–Crippen MR) is 67.3 cm³/mol. The molecule has 0 aliphatic rings. The number of aliphatic carboxylic acids is 4. The van der Waals surface area contributed by atoms with E-state index in [1.807, 2.05) is 0 Å². The molecule has 10 nitrogen and oxygen atoms in total. The van der Waals surface area contributed by atoms with Gasteiger partial charge in [0.25, 0.3) is 0 Å². The molecule has 0 aliphatic heterocycles. The van der Waals surface area contributed by atoms with Crippen molar-refractivity contribution in [2.24, 2.45) is 11.5 Å². The molecule has 0 heterocycles. The third-order valence-corrected chi connectivity index (χ3v) is 2.86. The third-order valence-electron chi connectivity index (χ3n) is 2.86. The smallest absolute Gasteiger partial charge is 1.00 e. The van der Waals surface area contributed by atoms with Gasteiger partial charge in [-0.15, -0.1) is 0 Å². The molecule has 0 fully saturated rings. The van der Waals surface area contributed by atoms with Crippen molar-refractivity contribution in [1.82, 2.24) is 0 Å². The summed E-state index contributed by atoms with van der Waals surface area (Å²) >= 11 is 0. The van der Waals surface area contributed by atoms with E-state index in [2.05, 4.69) is 0 Å². The van der Waals surface area contributed by atoms with E-state index in [9.17, 15) is 19.2 Å². The Morgan fingerprint density at radius 3 is 0.792 bits per heavy atom. The maximum atomic E-state index is 10.8. The Bertz CT molecular complexity index is 393. The van der Waals surface area contributed by atoms with E-state index in [1.54, 1.807) is 0 Å². The van der Waals surface area contributed by atoms with E-state index in [0.29, 0.717) is 0 Å². The molecule has 14 heteroatoms. The maximum absolute atomic E-state index is 10.8. The van der Waals surface area contributed by atoms with Crippen LogP contribution in [0, 0.1) is 0 Å². The minimum atomic E-state index is -2.22. The van der Waals surface area contributed by atoms with Crippen molar-refractivity contribution in [3.8, 4) is 0 Å². The van der Waals surface area contributed by atoms with Crippen LogP contribution in [-0.2, 0) is 19.2 Å². The second-order valence-electron chi connectivity index (χ2n) is 4.59.